The number of amides is 2. The van der Waals surface area contributed by atoms with Gasteiger partial charge in [0.2, 0.25) is 0 Å². The van der Waals surface area contributed by atoms with Gasteiger partial charge >= 0.3 is 12.0 Å². The highest BCUT2D eigenvalue weighted by molar-refractivity contribution is 14.1. The lowest BCUT2D eigenvalue weighted by molar-refractivity contribution is 0.0698. The summed E-state index contributed by atoms with van der Waals surface area (Å²) in [6.07, 6.45) is 0.905. The zero-order valence-electron chi connectivity index (χ0n) is 11.0. The first-order valence-electron chi connectivity index (χ1n) is 6.24. The second-order valence-electron chi connectivity index (χ2n) is 4.84. The molecule has 0 aliphatic carbocycles. The SMILES string of the molecule is CN1CCC(NC(=O)Nc2ccc(I)cc2C(=O)O)C1. The van der Waals surface area contributed by atoms with Crippen LogP contribution in [0.4, 0.5) is 10.5 Å². The van der Waals surface area contributed by atoms with Crippen molar-refractivity contribution in [1.82, 2.24) is 10.2 Å². The van der Waals surface area contributed by atoms with E-state index in [0.29, 0.717) is 5.69 Å². The van der Waals surface area contributed by atoms with Crippen LogP contribution in [0.15, 0.2) is 18.2 Å². The first-order chi connectivity index (χ1) is 9.45. The number of likely N-dealkylation sites (tertiary alicyclic amines) is 1. The molecule has 0 saturated carbocycles. The third kappa shape index (κ3) is 3.83. The number of hydrogen-bond acceptors (Lipinski definition) is 3. The van der Waals surface area contributed by atoms with Crippen LogP contribution in [-0.4, -0.2) is 48.2 Å². The minimum Gasteiger partial charge on any atom is -0.478 e. The summed E-state index contributed by atoms with van der Waals surface area (Å²) in [4.78, 5) is 25.2. The Labute approximate surface area is 130 Å². The molecular formula is C13H16IN3O3. The second-order valence-corrected chi connectivity index (χ2v) is 6.09. The summed E-state index contributed by atoms with van der Waals surface area (Å²) in [5.41, 5.74) is 0.400. The molecule has 20 heavy (non-hydrogen) atoms. The number of carboxylic acid groups (broad SMARTS) is 1. The van der Waals surface area contributed by atoms with Crippen LogP contribution in [-0.2, 0) is 0 Å². The molecule has 0 aromatic heterocycles. The molecule has 0 radical (unpaired) electrons. The van der Waals surface area contributed by atoms with Crippen LogP contribution in [0.3, 0.4) is 0 Å². The number of nitrogens with one attached hydrogen (secondary N) is 2. The van der Waals surface area contributed by atoms with E-state index in [2.05, 4.69) is 15.5 Å². The van der Waals surface area contributed by atoms with E-state index in [1.807, 2.05) is 29.6 Å². The van der Waals surface area contributed by atoms with E-state index in [-0.39, 0.29) is 17.6 Å². The number of anilines is 1. The maximum atomic E-state index is 11.9. The Balaban J connectivity index is 2.02. The molecule has 6 nitrogen and oxygen atoms in total. The van der Waals surface area contributed by atoms with E-state index in [4.69, 9.17) is 5.11 Å². The standard InChI is InChI=1S/C13H16IN3O3/c1-17-5-4-9(7-17)15-13(20)16-11-3-2-8(14)6-10(11)12(18)19/h2-3,6,9H,4-5,7H2,1H3,(H,18,19)(H2,15,16,20). The third-order valence-electron chi connectivity index (χ3n) is 3.19. The van der Waals surface area contributed by atoms with Crippen LogP contribution in [0.5, 0.6) is 0 Å². The van der Waals surface area contributed by atoms with E-state index in [9.17, 15) is 9.59 Å². The summed E-state index contributed by atoms with van der Waals surface area (Å²) < 4.78 is 0.809. The molecule has 2 rings (SSSR count). The number of rotatable bonds is 3. The Hall–Kier alpha value is -1.35. The van der Waals surface area contributed by atoms with Crippen molar-refractivity contribution in [3.63, 3.8) is 0 Å². The van der Waals surface area contributed by atoms with Gasteiger partial charge in [0.25, 0.3) is 0 Å². The molecule has 1 aromatic rings. The van der Waals surface area contributed by atoms with Gasteiger partial charge < -0.3 is 20.6 Å². The number of nitrogens with zero attached hydrogens (tertiary/aromatic N) is 1. The number of urea groups is 1. The number of carbonyl (C=O) groups excluding carboxylic acids is 1. The van der Waals surface area contributed by atoms with Gasteiger partial charge in [0.15, 0.2) is 0 Å². The Morgan fingerprint density at radius 3 is 2.80 bits per heavy atom. The quantitative estimate of drug-likeness (QED) is 0.689. The summed E-state index contributed by atoms with van der Waals surface area (Å²) in [6, 6.07) is 4.63. The summed E-state index contributed by atoms with van der Waals surface area (Å²) in [6.45, 7) is 1.76. The van der Waals surface area contributed by atoms with E-state index in [1.54, 1.807) is 12.1 Å². The van der Waals surface area contributed by atoms with Crippen molar-refractivity contribution < 1.29 is 14.7 Å². The van der Waals surface area contributed by atoms with E-state index in [0.717, 1.165) is 23.1 Å². The maximum absolute atomic E-state index is 11.9. The molecule has 7 heteroatoms. The van der Waals surface area contributed by atoms with Crippen molar-refractivity contribution in [2.75, 3.05) is 25.5 Å². The zero-order chi connectivity index (χ0) is 14.7. The fourth-order valence-electron chi connectivity index (χ4n) is 2.20. The summed E-state index contributed by atoms with van der Waals surface area (Å²) in [5, 5.41) is 14.6. The number of benzene rings is 1. The largest absolute Gasteiger partial charge is 0.478 e. The van der Waals surface area contributed by atoms with Crippen LogP contribution in [0.25, 0.3) is 0 Å². The minimum atomic E-state index is -1.06. The lowest BCUT2D eigenvalue weighted by atomic mass is 10.2. The molecule has 1 unspecified atom stereocenters. The fraction of sp³-hybridized carbons (Fsp3) is 0.385. The molecule has 1 aliphatic heterocycles. The average Bonchev–Trinajstić information content (AvgIpc) is 2.76. The van der Waals surface area contributed by atoms with Gasteiger partial charge in [-0.25, -0.2) is 9.59 Å². The molecule has 1 heterocycles. The van der Waals surface area contributed by atoms with Crippen molar-refractivity contribution in [3.8, 4) is 0 Å². The number of carboxylic acids is 1. The molecule has 1 atom stereocenters. The van der Waals surface area contributed by atoms with Gasteiger partial charge in [-0.15, -0.1) is 0 Å². The van der Waals surface area contributed by atoms with Gasteiger partial charge in [0.1, 0.15) is 0 Å². The van der Waals surface area contributed by atoms with E-state index >= 15 is 0 Å². The first kappa shape index (κ1) is 15.0. The molecule has 2 amide bonds. The van der Waals surface area contributed by atoms with Gasteiger partial charge in [-0.3, -0.25) is 0 Å². The summed E-state index contributed by atoms with van der Waals surface area (Å²) in [5.74, 6) is -1.06. The molecule has 1 aromatic carbocycles. The minimum absolute atomic E-state index is 0.0931. The van der Waals surface area contributed by atoms with Crippen LogP contribution in [0, 0.1) is 3.57 Å². The highest BCUT2D eigenvalue weighted by atomic mass is 127. The monoisotopic (exact) mass is 389 g/mol. The van der Waals surface area contributed by atoms with Gasteiger partial charge in [-0.1, -0.05) is 0 Å². The van der Waals surface area contributed by atoms with Gasteiger partial charge in [-0.05, 0) is 60.8 Å². The van der Waals surface area contributed by atoms with Crippen molar-refractivity contribution in [2.45, 2.75) is 12.5 Å². The van der Waals surface area contributed by atoms with Crippen LogP contribution in [0.1, 0.15) is 16.8 Å². The molecule has 1 fully saturated rings. The smallest absolute Gasteiger partial charge is 0.337 e. The molecule has 1 aliphatic rings. The molecule has 0 spiro atoms. The molecular weight excluding hydrogens is 373 g/mol. The molecule has 3 N–H and O–H groups in total. The Bertz CT molecular complexity index is 536. The second kappa shape index (κ2) is 6.40. The van der Waals surface area contributed by atoms with Gasteiger partial charge in [0, 0.05) is 16.2 Å². The topological polar surface area (TPSA) is 81.7 Å². The zero-order valence-corrected chi connectivity index (χ0v) is 13.2. The lowest BCUT2D eigenvalue weighted by Crippen LogP contribution is -2.39. The number of carbonyl (C=O) groups is 2. The Kier molecular flexibility index (Phi) is 4.81. The van der Waals surface area contributed by atoms with E-state index < -0.39 is 5.97 Å². The Morgan fingerprint density at radius 1 is 1.45 bits per heavy atom. The predicted molar refractivity (Wildman–Crippen MR) is 84.2 cm³/mol. The van der Waals surface area contributed by atoms with Crippen molar-refractivity contribution in [1.29, 1.82) is 0 Å². The van der Waals surface area contributed by atoms with Gasteiger partial charge in [-0.2, -0.15) is 0 Å². The highest BCUT2D eigenvalue weighted by Gasteiger charge is 2.21. The molecule has 1 saturated heterocycles. The van der Waals surface area contributed by atoms with Crippen LogP contribution in [0.2, 0.25) is 0 Å². The predicted octanol–water partition coefficient (Wildman–Crippen LogP) is 1.81. The van der Waals surface area contributed by atoms with Gasteiger partial charge in [0.05, 0.1) is 11.3 Å². The van der Waals surface area contributed by atoms with Crippen LogP contribution < -0.4 is 10.6 Å². The highest BCUT2D eigenvalue weighted by Crippen LogP contribution is 2.19. The number of hydrogen-bond donors (Lipinski definition) is 3. The first-order valence-corrected chi connectivity index (χ1v) is 7.32. The van der Waals surface area contributed by atoms with E-state index in [1.165, 1.54) is 6.07 Å². The third-order valence-corrected chi connectivity index (χ3v) is 3.86. The number of likely N-dealkylation sites (N-methyl/N-ethyl adjacent to an activating group) is 1. The number of aromatic carboxylic acids is 1. The number of halogens is 1. The van der Waals surface area contributed by atoms with Crippen LogP contribution >= 0.6 is 22.6 Å². The van der Waals surface area contributed by atoms with Crippen molar-refractivity contribution >= 4 is 40.3 Å². The van der Waals surface area contributed by atoms with Crippen molar-refractivity contribution in [3.05, 3.63) is 27.3 Å². The normalized spacial score (nSPS) is 18.8. The summed E-state index contributed by atoms with van der Waals surface area (Å²) in [7, 11) is 2.00. The maximum Gasteiger partial charge on any atom is 0.337 e. The Morgan fingerprint density at radius 2 is 2.20 bits per heavy atom. The van der Waals surface area contributed by atoms with Crippen molar-refractivity contribution in [2.24, 2.45) is 0 Å². The lowest BCUT2D eigenvalue weighted by Gasteiger charge is -2.14. The average molecular weight is 389 g/mol. The molecule has 0 bridgehead atoms. The summed E-state index contributed by atoms with van der Waals surface area (Å²) >= 11 is 2.03. The molecule has 108 valence electrons. The fourth-order valence-corrected chi connectivity index (χ4v) is 2.69.